The number of aromatic nitrogens is 2. The summed E-state index contributed by atoms with van der Waals surface area (Å²) >= 11 is 5.74. The largest absolute Gasteiger partial charge is 0.306 e. The first kappa shape index (κ1) is 7.37. The van der Waals surface area contributed by atoms with Crippen molar-refractivity contribution in [2.45, 2.75) is 0 Å². The van der Waals surface area contributed by atoms with Gasteiger partial charge in [0, 0.05) is 29.2 Å². The molecule has 0 saturated heterocycles. The average Bonchev–Trinajstić information content (AvgIpc) is 2.49. The molecule has 2 heterocycles. The standard InChI is InChI=1S/C9H7ClN2/c1-7(10)8-2-3-9-11-4-5-12(9)6-8/h2-6H,1H2. The van der Waals surface area contributed by atoms with E-state index in [9.17, 15) is 0 Å². The molecular formula is C9H7ClN2. The van der Waals surface area contributed by atoms with Crippen LogP contribution in [-0.2, 0) is 0 Å². The maximum absolute atomic E-state index is 5.74. The fraction of sp³-hybridized carbons (Fsp3) is 0. The number of pyridine rings is 1. The molecule has 3 heteroatoms. The molecule has 0 spiro atoms. The molecule has 2 rings (SSSR count). The van der Waals surface area contributed by atoms with Crippen molar-refractivity contribution >= 4 is 22.3 Å². The normalized spacial score (nSPS) is 10.4. The molecule has 2 aromatic heterocycles. The molecule has 0 N–H and O–H groups in total. The van der Waals surface area contributed by atoms with Crippen molar-refractivity contribution in [1.29, 1.82) is 0 Å². The molecule has 0 aliphatic carbocycles. The zero-order chi connectivity index (χ0) is 8.55. The van der Waals surface area contributed by atoms with Crippen LogP contribution in [0.5, 0.6) is 0 Å². The zero-order valence-corrected chi connectivity index (χ0v) is 7.12. The lowest BCUT2D eigenvalue weighted by Crippen LogP contribution is -1.84. The second-order valence-corrected chi connectivity index (χ2v) is 2.97. The maximum Gasteiger partial charge on any atom is 0.136 e. The monoisotopic (exact) mass is 178 g/mol. The highest BCUT2D eigenvalue weighted by molar-refractivity contribution is 6.48. The van der Waals surface area contributed by atoms with E-state index in [2.05, 4.69) is 11.6 Å². The third-order valence-corrected chi connectivity index (χ3v) is 1.92. The molecule has 12 heavy (non-hydrogen) atoms. The Balaban J connectivity index is 2.68. The van der Waals surface area contributed by atoms with Crippen LogP contribution in [-0.4, -0.2) is 9.38 Å². The van der Waals surface area contributed by atoms with Gasteiger partial charge in [-0.15, -0.1) is 0 Å². The molecule has 0 fully saturated rings. The van der Waals surface area contributed by atoms with E-state index in [4.69, 9.17) is 11.6 Å². The first-order valence-electron chi connectivity index (χ1n) is 3.55. The third-order valence-electron chi connectivity index (χ3n) is 1.70. The van der Waals surface area contributed by atoms with Gasteiger partial charge in [0.1, 0.15) is 5.65 Å². The fourth-order valence-electron chi connectivity index (χ4n) is 1.08. The second kappa shape index (κ2) is 2.64. The molecule has 60 valence electrons. The third kappa shape index (κ3) is 1.10. The summed E-state index contributed by atoms with van der Waals surface area (Å²) in [6.07, 6.45) is 5.52. The topological polar surface area (TPSA) is 17.3 Å². The number of rotatable bonds is 1. The molecule has 0 radical (unpaired) electrons. The summed E-state index contributed by atoms with van der Waals surface area (Å²) in [5.74, 6) is 0. The Kier molecular flexibility index (Phi) is 1.62. The zero-order valence-electron chi connectivity index (χ0n) is 6.37. The van der Waals surface area contributed by atoms with Crippen LogP contribution in [0, 0.1) is 0 Å². The van der Waals surface area contributed by atoms with Crippen LogP contribution in [0.15, 0.2) is 37.3 Å². The van der Waals surface area contributed by atoms with Gasteiger partial charge in [0.25, 0.3) is 0 Å². The molecule has 0 unspecified atom stereocenters. The van der Waals surface area contributed by atoms with Crippen LogP contribution >= 0.6 is 11.6 Å². The van der Waals surface area contributed by atoms with E-state index in [0.717, 1.165) is 11.2 Å². The highest BCUT2D eigenvalue weighted by Gasteiger charge is 1.97. The second-order valence-electron chi connectivity index (χ2n) is 2.52. The molecule has 0 atom stereocenters. The quantitative estimate of drug-likeness (QED) is 0.656. The van der Waals surface area contributed by atoms with Gasteiger partial charge in [0.2, 0.25) is 0 Å². The summed E-state index contributed by atoms with van der Waals surface area (Å²) in [7, 11) is 0. The van der Waals surface area contributed by atoms with E-state index in [1.165, 1.54) is 0 Å². The molecule has 0 amide bonds. The van der Waals surface area contributed by atoms with Gasteiger partial charge in [-0.1, -0.05) is 18.2 Å². The summed E-state index contributed by atoms with van der Waals surface area (Å²) in [4.78, 5) is 4.11. The van der Waals surface area contributed by atoms with Crippen molar-refractivity contribution < 1.29 is 0 Å². The molecule has 0 aliphatic heterocycles. The SMILES string of the molecule is C=C(Cl)c1ccc2nccn2c1. The van der Waals surface area contributed by atoms with Crippen LogP contribution in [0.2, 0.25) is 0 Å². The van der Waals surface area contributed by atoms with Crippen LogP contribution in [0.3, 0.4) is 0 Å². The van der Waals surface area contributed by atoms with Crippen LogP contribution in [0.25, 0.3) is 10.7 Å². The molecule has 2 nitrogen and oxygen atoms in total. The number of halogens is 1. The van der Waals surface area contributed by atoms with E-state index in [1.807, 2.05) is 28.9 Å². The van der Waals surface area contributed by atoms with Crippen molar-refractivity contribution in [2.24, 2.45) is 0 Å². The van der Waals surface area contributed by atoms with Crippen molar-refractivity contribution in [1.82, 2.24) is 9.38 Å². The first-order chi connectivity index (χ1) is 5.77. The van der Waals surface area contributed by atoms with Gasteiger partial charge in [-0.2, -0.15) is 0 Å². The number of imidazole rings is 1. The van der Waals surface area contributed by atoms with Crippen LogP contribution in [0.1, 0.15) is 5.56 Å². The molecule has 0 aromatic carbocycles. The lowest BCUT2D eigenvalue weighted by molar-refractivity contribution is 1.18. The summed E-state index contributed by atoms with van der Waals surface area (Å²) in [6, 6.07) is 3.81. The molecule has 2 aromatic rings. The van der Waals surface area contributed by atoms with Crippen molar-refractivity contribution in [3.05, 3.63) is 42.9 Å². The van der Waals surface area contributed by atoms with Gasteiger partial charge in [-0.25, -0.2) is 4.98 Å². The first-order valence-corrected chi connectivity index (χ1v) is 3.93. The van der Waals surface area contributed by atoms with Gasteiger partial charge in [0.05, 0.1) is 0 Å². The van der Waals surface area contributed by atoms with Gasteiger partial charge in [0.15, 0.2) is 0 Å². The van der Waals surface area contributed by atoms with Crippen LogP contribution < -0.4 is 0 Å². The summed E-state index contributed by atoms with van der Waals surface area (Å²) in [5.41, 5.74) is 1.83. The Morgan fingerprint density at radius 2 is 2.33 bits per heavy atom. The van der Waals surface area contributed by atoms with Gasteiger partial charge in [-0.05, 0) is 12.1 Å². The summed E-state index contributed by atoms with van der Waals surface area (Å²) < 4.78 is 1.91. The van der Waals surface area contributed by atoms with E-state index in [1.54, 1.807) is 6.20 Å². The van der Waals surface area contributed by atoms with Crippen molar-refractivity contribution in [3.63, 3.8) is 0 Å². The van der Waals surface area contributed by atoms with Gasteiger partial charge < -0.3 is 4.40 Å². The highest BCUT2D eigenvalue weighted by Crippen LogP contribution is 2.16. The fourth-order valence-corrected chi connectivity index (χ4v) is 1.19. The van der Waals surface area contributed by atoms with E-state index >= 15 is 0 Å². The number of hydrogen-bond acceptors (Lipinski definition) is 1. The minimum absolute atomic E-state index is 0.547. The Morgan fingerprint density at radius 1 is 1.50 bits per heavy atom. The highest BCUT2D eigenvalue weighted by atomic mass is 35.5. The van der Waals surface area contributed by atoms with E-state index in [-0.39, 0.29) is 0 Å². The minimum Gasteiger partial charge on any atom is -0.306 e. The number of fused-ring (bicyclic) bond motifs is 1. The number of nitrogens with zero attached hydrogens (tertiary/aromatic N) is 2. The van der Waals surface area contributed by atoms with Gasteiger partial charge >= 0.3 is 0 Å². The maximum atomic E-state index is 5.74. The van der Waals surface area contributed by atoms with E-state index < -0.39 is 0 Å². The molecule has 0 aliphatic rings. The minimum atomic E-state index is 0.547. The summed E-state index contributed by atoms with van der Waals surface area (Å²) in [5, 5.41) is 0.547. The number of hydrogen-bond donors (Lipinski definition) is 0. The Bertz CT molecular complexity index is 431. The molecular weight excluding hydrogens is 172 g/mol. The predicted molar refractivity (Wildman–Crippen MR) is 50.1 cm³/mol. The Labute approximate surface area is 75.1 Å². The van der Waals surface area contributed by atoms with Crippen molar-refractivity contribution in [2.75, 3.05) is 0 Å². The van der Waals surface area contributed by atoms with E-state index in [0.29, 0.717) is 5.03 Å². The predicted octanol–water partition coefficient (Wildman–Crippen LogP) is 2.54. The molecule has 0 bridgehead atoms. The lowest BCUT2D eigenvalue weighted by atomic mass is 10.3. The Hall–Kier alpha value is -1.28. The van der Waals surface area contributed by atoms with Gasteiger partial charge in [-0.3, -0.25) is 0 Å². The summed E-state index contributed by atoms with van der Waals surface area (Å²) in [6.45, 7) is 3.65. The Morgan fingerprint density at radius 3 is 3.08 bits per heavy atom. The smallest absolute Gasteiger partial charge is 0.136 e. The van der Waals surface area contributed by atoms with Crippen LogP contribution in [0.4, 0.5) is 0 Å². The lowest BCUT2D eigenvalue weighted by Gasteiger charge is -1.98. The molecule has 0 saturated carbocycles. The van der Waals surface area contributed by atoms with Crippen molar-refractivity contribution in [3.8, 4) is 0 Å². The average molecular weight is 179 g/mol.